The summed E-state index contributed by atoms with van der Waals surface area (Å²) in [6.07, 6.45) is 3.45. The van der Waals surface area contributed by atoms with Gasteiger partial charge in [-0.25, -0.2) is 9.97 Å². The second-order valence-corrected chi connectivity index (χ2v) is 10.2. The van der Waals surface area contributed by atoms with E-state index in [4.69, 9.17) is 0 Å². The number of fused-ring (bicyclic) bond motifs is 1. The SMILES string of the molecule is CC(C(=O)NCc1cccc(N(C)C)n1)N1Cc2sc(-c3ccnc(Nc4ccnn4C)c3)cc2C1=O. The van der Waals surface area contributed by atoms with Gasteiger partial charge < -0.3 is 20.4 Å². The summed E-state index contributed by atoms with van der Waals surface area (Å²) in [6, 6.07) is 12.8. The molecule has 0 spiro atoms. The molecule has 1 atom stereocenters. The Hall–Kier alpha value is -4.25. The van der Waals surface area contributed by atoms with E-state index in [2.05, 4.69) is 25.7 Å². The molecule has 4 aromatic rings. The van der Waals surface area contributed by atoms with Crippen LogP contribution in [0.5, 0.6) is 0 Å². The maximum absolute atomic E-state index is 13.2. The van der Waals surface area contributed by atoms with Crippen LogP contribution < -0.4 is 15.5 Å². The number of nitrogens with one attached hydrogen (secondary N) is 2. The van der Waals surface area contributed by atoms with E-state index in [0.717, 1.165) is 32.6 Å². The Morgan fingerprint density at radius 1 is 1.19 bits per heavy atom. The number of carbonyl (C=O) groups is 2. The summed E-state index contributed by atoms with van der Waals surface area (Å²) < 4.78 is 1.73. The van der Waals surface area contributed by atoms with E-state index in [-0.39, 0.29) is 11.8 Å². The van der Waals surface area contributed by atoms with E-state index in [1.807, 2.05) is 68.5 Å². The molecule has 0 bridgehead atoms. The lowest BCUT2D eigenvalue weighted by Crippen LogP contribution is -2.45. The van der Waals surface area contributed by atoms with Crippen LogP contribution in [0.1, 0.15) is 27.9 Å². The molecule has 0 aliphatic carbocycles. The predicted molar refractivity (Wildman–Crippen MR) is 144 cm³/mol. The lowest BCUT2D eigenvalue weighted by atomic mass is 10.2. The van der Waals surface area contributed by atoms with Gasteiger partial charge in [0.1, 0.15) is 23.5 Å². The number of carbonyl (C=O) groups excluding carboxylic acids is 2. The average Bonchev–Trinajstić information content (AvgIpc) is 3.58. The van der Waals surface area contributed by atoms with Crippen LogP contribution in [0.3, 0.4) is 0 Å². The van der Waals surface area contributed by atoms with Crippen molar-refractivity contribution in [1.29, 1.82) is 0 Å². The minimum Gasteiger partial charge on any atom is -0.363 e. The Kier molecular flexibility index (Phi) is 6.62. The fourth-order valence-corrected chi connectivity index (χ4v) is 5.27. The maximum Gasteiger partial charge on any atom is 0.256 e. The first-order valence-electron chi connectivity index (χ1n) is 11.9. The topological polar surface area (TPSA) is 108 Å². The number of aromatic nitrogens is 4. The van der Waals surface area contributed by atoms with E-state index in [9.17, 15) is 9.59 Å². The largest absolute Gasteiger partial charge is 0.363 e. The monoisotopic (exact) mass is 516 g/mol. The molecule has 5 heterocycles. The smallest absolute Gasteiger partial charge is 0.256 e. The number of thiophene rings is 1. The van der Waals surface area contributed by atoms with Crippen molar-refractivity contribution in [2.45, 2.75) is 26.1 Å². The van der Waals surface area contributed by atoms with Crippen molar-refractivity contribution in [3.63, 3.8) is 0 Å². The molecule has 190 valence electrons. The van der Waals surface area contributed by atoms with Crippen molar-refractivity contribution in [3.05, 3.63) is 71.0 Å². The second-order valence-electron chi connectivity index (χ2n) is 9.05. The Labute approximate surface area is 219 Å². The molecule has 0 fully saturated rings. The van der Waals surface area contributed by atoms with Gasteiger partial charge >= 0.3 is 0 Å². The van der Waals surface area contributed by atoms with Crippen LogP contribution in [0.2, 0.25) is 0 Å². The lowest BCUT2D eigenvalue weighted by Gasteiger charge is -2.23. The van der Waals surface area contributed by atoms with Crippen LogP contribution in [-0.2, 0) is 24.9 Å². The number of rotatable bonds is 8. The Morgan fingerprint density at radius 3 is 2.76 bits per heavy atom. The quantitative estimate of drug-likeness (QED) is 0.369. The Balaban J connectivity index is 1.24. The second kappa shape index (κ2) is 10.0. The Bertz CT molecular complexity index is 1460. The van der Waals surface area contributed by atoms with E-state index in [1.54, 1.807) is 40.2 Å². The van der Waals surface area contributed by atoms with Gasteiger partial charge in [-0.15, -0.1) is 11.3 Å². The van der Waals surface area contributed by atoms with E-state index in [1.165, 1.54) is 0 Å². The number of nitrogens with zero attached hydrogens (tertiary/aromatic N) is 6. The molecule has 2 N–H and O–H groups in total. The van der Waals surface area contributed by atoms with Gasteiger partial charge in [0.05, 0.1) is 30.5 Å². The summed E-state index contributed by atoms with van der Waals surface area (Å²) >= 11 is 1.56. The average molecular weight is 517 g/mol. The van der Waals surface area contributed by atoms with Gasteiger partial charge in [-0.05, 0) is 42.8 Å². The summed E-state index contributed by atoms with van der Waals surface area (Å²) in [5.74, 6) is 2.01. The molecule has 10 nitrogen and oxygen atoms in total. The lowest BCUT2D eigenvalue weighted by molar-refractivity contribution is -0.125. The van der Waals surface area contributed by atoms with Crippen molar-refractivity contribution in [2.75, 3.05) is 24.3 Å². The van der Waals surface area contributed by atoms with Gasteiger partial charge in [0, 0.05) is 43.2 Å². The van der Waals surface area contributed by atoms with Gasteiger partial charge in [0.25, 0.3) is 5.91 Å². The minimum absolute atomic E-state index is 0.129. The molecule has 0 aromatic carbocycles. The van der Waals surface area contributed by atoms with Crippen LogP contribution in [0.4, 0.5) is 17.5 Å². The molecule has 1 unspecified atom stereocenters. The molecule has 1 aliphatic heterocycles. The molecule has 2 amide bonds. The first-order chi connectivity index (χ1) is 17.8. The maximum atomic E-state index is 13.2. The first kappa shape index (κ1) is 24.4. The highest BCUT2D eigenvalue weighted by atomic mass is 32.1. The fourth-order valence-electron chi connectivity index (χ4n) is 4.12. The van der Waals surface area contributed by atoms with Crippen LogP contribution in [0.25, 0.3) is 10.4 Å². The van der Waals surface area contributed by atoms with Crippen LogP contribution in [-0.4, -0.2) is 56.6 Å². The first-order valence-corrected chi connectivity index (χ1v) is 12.7. The third-order valence-corrected chi connectivity index (χ3v) is 7.45. The molecule has 11 heteroatoms. The number of aryl methyl sites for hydroxylation is 1. The zero-order valence-electron chi connectivity index (χ0n) is 21.1. The van der Waals surface area contributed by atoms with Gasteiger partial charge in [-0.3, -0.25) is 14.3 Å². The summed E-state index contributed by atoms with van der Waals surface area (Å²) in [7, 11) is 5.69. The van der Waals surface area contributed by atoms with Crippen molar-refractivity contribution < 1.29 is 9.59 Å². The van der Waals surface area contributed by atoms with E-state index >= 15 is 0 Å². The summed E-state index contributed by atoms with van der Waals surface area (Å²) in [6.45, 7) is 2.47. The normalized spacial score (nSPS) is 13.4. The highest BCUT2D eigenvalue weighted by Gasteiger charge is 2.35. The zero-order chi connectivity index (χ0) is 26.1. The van der Waals surface area contributed by atoms with Gasteiger partial charge in [-0.2, -0.15) is 5.10 Å². The molecule has 5 rings (SSSR count). The number of amides is 2. The number of pyridine rings is 2. The molecule has 37 heavy (non-hydrogen) atoms. The van der Waals surface area contributed by atoms with Crippen molar-refractivity contribution in [1.82, 2.24) is 30.0 Å². The molecular weight excluding hydrogens is 488 g/mol. The third-order valence-electron chi connectivity index (χ3n) is 6.28. The summed E-state index contributed by atoms with van der Waals surface area (Å²) in [5.41, 5.74) is 2.38. The fraction of sp³-hybridized carbons (Fsp3) is 0.269. The number of hydrogen-bond donors (Lipinski definition) is 2. The van der Waals surface area contributed by atoms with Crippen LogP contribution in [0, 0.1) is 0 Å². The van der Waals surface area contributed by atoms with Crippen LogP contribution >= 0.6 is 11.3 Å². The summed E-state index contributed by atoms with van der Waals surface area (Å²) in [5, 5.41) is 10.3. The zero-order valence-corrected chi connectivity index (χ0v) is 21.9. The van der Waals surface area contributed by atoms with Gasteiger partial charge in [0.2, 0.25) is 5.91 Å². The predicted octanol–water partition coefficient (Wildman–Crippen LogP) is 3.41. The third kappa shape index (κ3) is 5.03. The molecule has 0 saturated carbocycles. The molecule has 4 aromatic heterocycles. The molecular formula is C26H28N8O2S. The van der Waals surface area contributed by atoms with Crippen molar-refractivity contribution >= 4 is 40.6 Å². The van der Waals surface area contributed by atoms with Crippen molar-refractivity contribution in [2.24, 2.45) is 7.05 Å². The molecule has 1 aliphatic rings. The van der Waals surface area contributed by atoms with E-state index < -0.39 is 6.04 Å². The van der Waals surface area contributed by atoms with Crippen molar-refractivity contribution in [3.8, 4) is 10.4 Å². The molecule has 0 radical (unpaired) electrons. The Morgan fingerprint density at radius 2 is 2.03 bits per heavy atom. The highest BCUT2D eigenvalue weighted by Crippen LogP contribution is 2.38. The van der Waals surface area contributed by atoms with Gasteiger partial charge in [0.15, 0.2) is 0 Å². The highest BCUT2D eigenvalue weighted by molar-refractivity contribution is 7.16. The standard InChI is InChI=1S/C26H28N8O2S/c1-16(25(35)28-14-18-6-5-7-23(30-18)32(2)3)34-15-21-19(26(34)36)13-20(37-21)17-8-10-27-22(12-17)31-24-9-11-29-33(24)4/h5-13,16H,14-15H2,1-4H3,(H,27,31)(H,28,35). The summed E-state index contributed by atoms with van der Waals surface area (Å²) in [4.78, 5) is 40.4. The number of anilines is 3. The van der Waals surface area contributed by atoms with Crippen LogP contribution in [0.15, 0.2) is 54.9 Å². The number of hydrogen-bond acceptors (Lipinski definition) is 8. The molecule has 0 saturated heterocycles. The van der Waals surface area contributed by atoms with Gasteiger partial charge in [-0.1, -0.05) is 6.07 Å². The van der Waals surface area contributed by atoms with E-state index in [0.29, 0.717) is 24.5 Å². The minimum atomic E-state index is -0.594.